The van der Waals surface area contributed by atoms with Crippen LogP contribution < -0.4 is 0 Å². The van der Waals surface area contributed by atoms with E-state index >= 15 is 0 Å². The summed E-state index contributed by atoms with van der Waals surface area (Å²) in [6, 6.07) is 0. The van der Waals surface area contributed by atoms with Crippen LogP contribution in [0.5, 0.6) is 0 Å². The fourth-order valence-electron chi connectivity index (χ4n) is 4.24. The SMILES string of the molecule is CC/C=C/C=C/C=C/C=C/CCCCCCCC(=O)O[C@H](COC(=O)CCC/C=C/C/C=C/C/C=C/C/C=C/C/C=C/CC)COP(=O)(O)O. The lowest BCUT2D eigenvalue weighted by Crippen LogP contribution is -2.29. The van der Waals surface area contributed by atoms with E-state index in [0.717, 1.165) is 70.6 Å². The highest BCUT2D eigenvalue weighted by Crippen LogP contribution is 2.35. The maximum atomic E-state index is 12.3. The van der Waals surface area contributed by atoms with Crippen molar-refractivity contribution < 1.29 is 37.9 Å². The second kappa shape index (κ2) is 35.5. The highest BCUT2D eigenvalue weighted by Gasteiger charge is 2.22. The molecular formula is C41H63O8P. The minimum absolute atomic E-state index is 0.166. The molecule has 0 amide bonds. The van der Waals surface area contributed by atoms with Crippen molar-refractivity contribution in [2.45, 2.75) is 123 Å². The van der Waals surface area contributed by atoms with Gasteiger partial charge in [0.1, 0.15) is 6.61 Å². The number of rotatable bonds is 31. The zero-order valence-corrected chi connectivity index (χ0v) is 31.4. The summed E-state index contributed by atoms with van der Waals surface area (Å²) >= 11 is 0. The number of allylic oxidation sites excluding steroid dienone is 18. The van der Waals surface area contributed by atoms with Crippen molar-refractivity contribution in [3.8, 4) is 0 Å². The van der Waals surface area contributed by atoms with E-state index in [0.29, 0.717) is 19.3 Å². The first-order chi connectivity index (χ1) is 24.3. The minimum Gasteiger partial charge on any atom is -0.462 e. The first kappa shape index (κ1) is 46.7. The molecule has 0 fully saturated rings. The van der Waals surface area contributed by atoms with E-state index in [4.69, 9.17) is 19.3 Å². The zero-order valence-electron chi connectivity index (χ0n) is 30.5. The van der Waals surface area contributed by atoms with Crippen molar-refractivity contribution in [2.75, 3.05) is 13.2 Å². The molecule has 0 aliphatic rings. The Labute approximate surface area is 302 Å². The molecule has 280 valence electrons. The summed E-state index contributed by atoms with van der Waals surface area (Å²) in [5, 5.41) is 0. The number of hydrogen-bond donors (Lipinski definition) is 2. The van der Waals surface area contributed by atoms with E-state index in [-0.39, 0.29) is 19.4 Å². The molecule has 1 atom stereocenters. The quantitative estimate of drug-likeness (QED) is 0.0239. The molecule has 0 saturated heterocycles. The summed E-state index contributed by atoms with van der Waals surface area (Å²) in [6.45, 7) is 3.33. The number of phosphoric ester groups is 1. The predicted molar refractivity (Wildman–Crippen MR) is 206 cm³/mol. The van der Waals surface area contributed by atoms with Gasteiger partial charge in [-0.25, -0.2) is 4.57 Å². The van der Waals surface area contributed by atoms with Crippen LogP contribution in [0.3, 0.4) is 0 Å². The number of ether oxygens (including phenoxy) is 2. The van der Waals surface area contributed by atoms with Gasteiger partial charge in [0, 0.05) is 12.8 Å². The fraction of sp³-hybridized carbons (Fsp3) is 0.512. The van der Waals surface area contributed by atoms with Gasteiger partial charge in [-0.05, 0) is 70.6 Å². The number of esters is 2. The van der Waals surface area contributed by atoms with Crippen LogP contribution in [-0.2, 0) is 28.2 Å². The Morgan fingerprint density at radius 1 is 0.540 bits per heavy atom. The average molecular weight is 715 g/mol. The van der Waals surface area contributed by atoms with Crippen molar-refractivity contribution in [1.82, 2.24) is 0 Å². The highest BCUT2D eigenvalue weighted by molar-refractivity contribution is 7.46. The summed E-state index contributed by atoms with van der Waals surface area (Å²) in [5.74, 6) is -0.996. The van der Waals surface area contributed by atoms with Crippen molar-refractivity contribution in [2.24, 2.45) is 0 Å². The Morgan fingerprint density at radius 2 is 1.02 bits per heavy atom. The van der Waals surface area contributed by atoms with Crippen molar-refractivity contribution in [1.29, 1.82) is 0 Å². The molecule has 0 unspecified atom stereocenters. The van der Waals surface area contributed by atoms with E-state index in [1.807, 2.05) is 42.5 Å². The van der Waals surface area contributed by atoms with E-state index < -0.39 is 32.5 Å². The first-order valence-electron chi connectivity index (χ1n) is 18.2. The van der Waals surface area contributed by atoms with E-state index in [1.165, 1.54) is 0 Å². The topological polar surface area (TPSA) is 119 Å². The fourth-order valence-corrected chi connectivity index (χ4v) is 4.60. The van der Waals surface area contributed by atoms with Crippen LogP contribution in [0.2, 0.25) is 0 Å². The molecule has 50 heavy (non-hydrogen) atoms. The maximum Gasteiger partial charge on any atom is 0.469 e. The number of hydrogen-bond acceptors (Lipinski definition) is 6. The highest BCUT2D eigenvalue weighted by atomic mass is 31.2. The van der Waals surface area contributed by atoms with E-state index in [9.17, 15) is 14.2 Å². The largest absolute Gasteiger partial charge is 0.469 e. The van der Waals surface area contributed by atoms with Crippen LogP contribution in [0.25, 0.3) is 0 Å². The minimum atomic E-state index is -4.78. The summed E-state index contributed by atoms with van der Waals surface area (Å²) in [6.07, 6.45) is 49.5. The van der Waals surface area contributed by atoms with E-state index in [2.05, 4.69) is 85.2 Å². The standard InChI is InChI=1S/C41H63O8P/c1-3-5-7-9-11-13-15-17-19-20-22-23-25-27-29-31-33-35-40(42)47-37-39(38-48-50(44,45)46)49-41(43)36-34-32-30-28-26-24-21-18-16-14-12-10-8-6-4-2/h5-8,10-14,16-19,21-23,27,29,39H,3-4,9,15,20,24-26,28,30-38H2,1-2H3,(H2,44,45,46)/b7-5+,8-6+,12-10+,13-11+,16-14+,19-17+,21-18+,23-22+,29-27+/t39-/m1/s1. The Kier molecular flexibility index (Phi) is 33.2. The number of carbonyl (C=O) groups is 2. The molecule has 0 bridgehead atoms. The second-order valence-electron chi connectivity index (χ2n) is 11.5. The van der Waals surface area contributed by atoms with Crippen LogP contribution in [0, 0.1) is 0 Å². The number of carbonyl (C=O) groups excluding carboxylic acids is 2. The van der Waals surface area contributed by atoms with Crippen LogP contribution in [0.4, 0.5) is 0 Å². The third kappa shape index (κ3) is 37.5. The van der Waals surface area contributed by atoms with Crippen molar-refractivity contribution in [3.05, 3.63) is 109 Å². The molecule has 0 aliphatic carbocycles. The van der Waals surface area contributed by atoms with Gasteiger partial charge in [0.25, 0.3) is 0 Å². The van der Waals surface area contributed by atoms with Gasteiger partial charge in [-0.3, -0.25) is 14.1 Å². The number of phosphoric acid groups is 1. The molecule has 8 nitrogen and oxygen atoms in total. The molecule has 0 aliphatic heterocycles. The Morgan fingerprint density at radius 3 is 1.62 bits per heavy atom. The molecule has 0 radical (unpaired) electrons. The van der Waals surface area contributed by atoms with E-state index in [1.54, 1.807) is 0 Å². The van der Waals surface area contributed by atoms with Crippen LogP contribution in [0.15, 0.2) is 109 Å². The summed E-state index contributed by atoms with van der Waals surface area (Å²) < 4.78 is 26.2. The van der Waals surface area contributed by atoms with Gasteiger partial charge in [-0.15, -0.1) is 0 Å². The van der Waals surface area contributed by atoms with Gasteiger partial charge in [0.2, 0.25) is 0 Å². The molecule has 0 heterocycles. The van der Waals surface area contributed by atoms with Crippen LogP contribution in [-0.4, -0.2) is 41.0 Å². The maximum absolute atomic E-state index is 12.3. The molecule has 0 aromatic carbocycles. The third-order valence-corrected chi connectivity index (χ3v) is 7.37. The van der Waals surface area contributed by atoms with Gasteiger partial charge < -0.3 is 19.3 Å². The number of unbranched alkanes of at least 4 members (excludes halogenated alkanes) is 6. The second-order valence-corrected chi connectivity index (χ2v) is 12.8. The summed E-state index contributed by atoms with van der Waals surface area (Å²) in [4.78, 5) is 42.7. The van der Waals surface area contributed by atoms with Crippen molar-refractivity contribution in [3.63, 3.8) is 0 Å². The molecule has 0 rings (SSSR count). The van der Waals surface area contributed by atoms with Crippen LogP contribution >= 0.6 is 7.82 Å². The first-order valence-corrected chi connectivity index (χ1v) is 19.8. The van der Waals surface area contributed by atoms with Gasteiger partial charge in [0.05, 0.1) is 6.61 Å². The Hall–Kier alpha value is -3.29. The average Bonchev–Trinajstić information content (AvgIpc) is 3.08. The Bertz CT molecular complexity index is 1170. The zero-order chi connectivity index (χ0) is 36.8. The Balaban J connectivity index is 4.16. The smallest absolute Gasteiger partial charge is 0.462 e. The van der Waals surface area contributed by atoms with Gasteiger partial charge >= 0.3 is 19.8 Å². The van der Waals surface area contributed by atoms with Gasteiger partial charge in [-0.2, -0.15) is 0 Å². The molecule has 0 aromatic rings. The van der Waals surface area contributed by atoms with Gasteiger partial charge in [-0.1, -0.05) is 142 Å². The lowest BCUT2D eigenvalue weighted by Gasteiger charge is -2.18. The molecular weight excluding hydrogens is 651 g/mol. The third-order valence-electron chi connectivity index (χ3n) is 6.88. The lowest BCUT2D eigenvalue weighted by atomic mass is 10.1. The van der Waals surface area contributed by atoms with Crippen molar-refractivity contribution >= 4 is 19.8 Å². The normalized spacial score (nSPS) is 13.8. The molecule has 2 N–H and O–H groups in total. The van der Waals surface area contributed by atoms with Gasteiger partial charge in [0.15, 0.2) is 6.10 Å². The van der Waals surface area contributed by atoms with Crippen LogP contribution in [0.1, 0.15) is 117 Å². The molecule has 0 saturated carbocycles. The molecule has 9 heteroatoms. The molecule has 0 aromatic heterocycles. The molecule has 0 spiro atoms. The monoisotopic (exact) mass is 714 g/mol. The predicted octanol–water partition coefficient (Wildman–Crippen LogP) is 10.8. The summed E-state index contributed by atoms with van der Waals surface area (Å²) in [7, 11) is -4.78. The lowest BCUT2D eigenvalue weighted by molar-refractivity contribution is -0.161. The summed E-state index contributed by atoms with van der Waals surface area (Å²) in [5.41, 5.74) is 0.